The third-order valence-electron chi connectivity index (χ3n) is 2.83. The van der Waals surface area contributed by atoms with Crippen LogP contribution in [-0.2, 0) is 13.0 Å². The van der Waals surface area contributed by atoms with Gasteiger partial charge >= 0.3 is 0 Å². The van der Waals surface area contributed by atoms with Gasteiger partial charge in [-0.1, -0.05) is 20.8 Å². The van der Waals surface area contributed by atoms with Crippen LogP contribution >= 0.6 is 0 Å². The van der Waals surface area contributed by atoms with Crippen molar-refractivity contribution in [3.63, 3.8) is 0 Å². The summed E-state index contributed by atoms with van der Waals surface area (Å²) < 4.78 is 10.8. The van der Waals surface area contributed by atoms with Gasteiger partial charge in [-0.3, -0.25) is 0 Å². The molecule has 108 valence electrons. The highest BCUT2D eigenvalue weighted by molar-refractivity contribution is 5.31. The second kappa shape index (κ2) is 5.99. The van der Waals surface area contributed by atoms with E-state index in [1.807, 2.05) is 30.5 Å². The third-order valence-corrected chi connectivity index (χ3v) is 2.83. The van der Waals surface area contributed by atoms with Gasteiger partial charge in [0.25, 0.3) is 0 Å². The minimum Gasteiger partial charge on any atom is -0.497 e. The monoisotopic (exact) mass is 274 g/mol. The maximum absolute atomic E-state index is 5.71. The molecule has 1 aromatic heterocycles. The van der Waals surface area contributed by atoms with Gasteiger partial charge in [0.05, 0.1) is 19.0 Å². The first kappa shape index (κ1) is 14.4. The molecule has 0 saturated heterocycles. The van der Waals surface area contributed by atoms with Crippen molar-refractivity contribution in [2.75, 3.05) is 7.11 Å². The Morgan fingerprint density at radius 1 is 1.10 bits per heavy atom. The van der Waals surface area contributed by atoms with Crippen LogP contribution in [0.15, 0.2) is 30.5 Å². The van der Waals surface area contributed by atoms with E-state index in [4.69, 9.17) is 9.47 Å². The van der Waals surface area contributed by atoms with E-state index in [-0.39, 0.29) is 5.41 Å². The number of aromatic nitrogens is 2. The van der Waals surface area contributed by atoms with E-state index < -0.39 is 0 Å². The molecule has 20 heavy (non-hydrogen) atoms. The van der Waals surface area contributed by atoms with Gasteiger partial charge in [0, 0.05) is 6.42 Å². The Morgan fingerprint density at radius 3 is 2.35 bits per heavy atom. The molecule has 1 aromatic carbocycles. The molecular weight excluding hydrogens is 252 g/mol. The molecule has 1 heterocycles. The number of hydrogen-bond acceptors (Lipinski definition) is 3. The van der Waals surface area contributed by atoms with E-state index in [2.05, 4.69) is 30.7 Å². The molecule has 0 aliphatic heterocycles. The van der Waals surface area contributed by atoms with Crippen molar-refractivity contribution >= 4 is 0 Å². The zero-order chi connectivity index (χ0) is 14.6. The number of imidazole rings is 1. The van der Waals surface area contributed by atoms with E-state index in [9.17, 15) is 0 Å². The summed E-state index contributed by atoms with van der Waals surface area (Å²) in [5, 5.41) is 0. The number of nitrogens with zero attached hydrogens (tertiary/aromatic N) is 1. The van der Waals surface area contributed by atoms with Crippen LogP contribution in [0.2, 0.25) is 0 Å². The first-order valence-electron chi connectivity index (χ1n) is 6.76. The Balaban J connectivity index is 1.90. The predicted octanol–water partition coefficient (Wildman–Crippen LogP) is 3.59. The lowest BCUT2D eigenvalue weighted by Crippen LogP contribution is -2.10. The van der Waals surface area contributed by atoms with Gasteiger partial charge in [-0.05, 0) is 29.7 Å². The normalized spacial score (nSPS) is 11.4. The summed E-state index contributed by atoms with van der Waals surface area (Å²) in [4.78, 5) is 7.69. The highest BCUT2D eigenvalue weighted by atomic mass is 16.5. The maximum Gasteiger partial charge on any atom is 0.130 e. The fraction of sp³-hybridized carbons (Fsp3) is 0.438. The fourth-order valence-corrected chi connectivity index (χ4v) is 1.90. The Hall–Kier alpha value is -1.97. The van der Waals surface area contributed by atoms with Crippen molar-refractivity contribution in [2.45, 2.75) is 33.8 Å². The highest BCUT2D eigenvalue weighted by Gasteiger charge is 2.13. The van der Waals surface area contributed by atoms with E-state index in [0.29, 0.717) is 6.61 Å². The molecule has 4 heteroatoms. The lowest BCUT2D eigenvalue weighted by atomic mass is 9.92. The van der Waals surface area contributed by atoms with Crippen LogP contribution in [0.25, 0.3) is 0 Å². The van der Waals surface area contributed by atoms with Gasteiger partial charge in [0.2, 0.25) is 0 Å². The van der Waals surface area contributed by atoms with E-state index >= 15 is 0 Å². The minimum atomic E-state index is 0.228. The second-order valence-electron chi connectivity index (χ2n) is 6.06. The average molecular weight is 274 g/mol. The van der Waals surface area contributed by atoms with Crippen molar-refractivity contribution < 1.29 is 9.47 Å². The van der Waals surface area contributed by atoms with E-state index in [0.717, 1.165) is 29.4 Å². The van der Waals surface area contributed by atoms with Crippen molar-refractivity contribution in [1.82, 2.24) is 9.97 Å². The smallest absolute Gasteiger partial charge is 0.130 e. The first-order valence-corrected chi connectivity index (χ1v) is 6.76. The maximum atomic E-state index is 5.71. The van der Waals surface area contributed by atoms with Crippen molar-refractivity contribution in [1.29, 1.82) is 0 Å². The molecule has 0 bridgehead atoms. The molecule has 0 amide bonds. The van der Waals surface area contributed by atoms with Crippen molar-refractivity contribution in [3.05, 3.63) is 42.0 Å². The molecule has 0 saturated carbocycles. The topological polar surface area (TPSA) is 47.1 Å². The SMILES string of the molecule is COc1ccc(OCc2cnc(CC(C)(C)C)[nH]2)cc1. The van der Waals surface area contributed by atoms with Crippen LogP contribution in [0.3, 0.4) is 0 Å². The molecule has 0 unspecified atom stereocenters. The molecule has 0 atom stereocenters. The zero-order valence-corrected chi connectivity index (χ0v) is 12.6. The quantitative estimate of drug-likeness (QED) is 0.906. The van der Waals surface area contributed by atoms with Gasteiger partial charge in [0.15, 0.2) is 0 Å². The molecule has 0 radical (unpaired) electrons. The summed E-state index contributed by atoms with van der Waals surface area (Å²) in [6.07, 6.45) is 2.76. The Labute approximate surface area is 120 Å². The molecule has 0 aliphatic carbocycles. The van der Waals surface area contributed by atoms with Crippen LogP contribution < -0.4 is 9.47 Å². The lowest BCUT2D eigenvalue weighted by Gasteiger charge is -2.15. The third kappa shape index (κ3) is 4.30. The number of methoxy groups -OCH3 is 1. The van der Waals surface area contributed by atoms with Gasteiger partial charge in [-0.2, -0.15) is 0 Å². The van der Waals surface area contributed by atoms with Crippen LogP contribution in [0.5, 0.6) is 11.5 Å². The first-order chi connectivity index (χ1) is 9.46. The summed E-state index contributed by atoms with van der Waals surface area (Å²) in [5.41, 5.74) is 1.21. The summed E-state index contributed by atoms with van der Waals surface area (Å²) in [6.45, 7) is 7.08. The Kier molecular flexibility index (Phi) is 4.32. The van der Waals surface area contributed by atoms with E-state index in [1.54, 1.807) is 7.11 Å². The molecule has 4 nitrogen and oxygen atoms in total. The molecule has 0 aliphatic rings. The number of H-pyrrole nitrogens is 1. The second-order valence-corrected chi connectivity index (χ2v) is 6.06. The standard InChI is InChI=1S/C16H22N2O2/c1-16(2,3)9-15-17-10-12(18-15)11-20-14-7-5-13(19-4)6-8-14/h5-8,10H,9,11H2,1-4H3,(H,17,18). The van der Waals surface area contributed by atoms with Crippen molar-refractivity contribution in [3.8, 4) is 11.5 Å². The lowest BCUT2D eigenvalue weighted by molar-refractivity contribution is 0.300. The highest BCUT2D eigenvalue weighted by Crippen LogP contribution is 2.20. The number of nitrogens with one attached hydrogen (secondary N) is 1. The van der Waals surface area contributed by atoms with Crippen LogP contribution in [0, 0.1) is 5.41 Å². The Morgan fingerprint density at radius 2 is 1.75 bits per heavy atom. The van der Waals surface area contributed by atoms with E-state index in [1.165, 1.54) is 0 Å². The van der Waals surface area contributed by atoms with Gasteiger partial charge in [0.1, 0.15) is 23.9 Å². The van der Waals surface area contributed by atoms with Crippen LogP contribution in [-0.4, -0.2) is 17.1 Å². The summed E-state index contributed by atoms with van der Waals surface area (Å²) >= 11 is 0. The molecule has 1 N–H and O–H groups in total. The summed E-state index contributed by atoms with van der Waals surface area (Å²) in [7, 11) is 1.65. The van der Waals surface area contributed by atoms with Gasteiger partial charge < -0.3 is 14.5 Å². The largest absolute Gasteiger partial charge is 0.497 e. The summed E-state index contributed by atoms with van der Waals surface area (Å²) in [6, 6.07) is 7.55. The molecular formula is C16H22N2O2. The number of hydrogen-bond donors (Lipinski definition) is 1. The predicted molar refractivity (Wildman–Crippen MR) is 79.1 cm³/mol. The molecule has 2 rings (SSSR count). The molecule has 0 spiro atoms. The number of benzene rings is 1. The number of aromatic amines is 1. The van der Waals surface area contributed by atoms with Crippen molar-refractivity contribution in [2.24, 2.45) is 5.41 Å². The zero-order valence-electron chi connectivity index (χ0n) is 12.6. The Bertz CT molecular complexity index is 538. The van der Waals surface area contributed by atoms with Crippen LogP contribution in [0.1, 0.15) is 32.3 Å². The fourth-order valence-electron chi connectivity index (χ4n) is 1.90. The minimum absolute atomic E-state index is 0.228. The molecule has 0 fully saturated rings. The number of ether oxygens (including phenoxy) is 2. The number of rotatable bonds is 5. The van der Waals surface area contributed by atoms with Gasteiger partial charge in [-0.15, -0.1) is 0 Å². The molecule has 2 aromatic rings. The summed E-state index contributed by atoms with van der Waals surface area (Å²) in [5.74, 6) is 2.65. The van der Waals surface area contributed by atoms with Crippen LogP contribution in [0.4, 0.5) is 0 Å². The average Bonchev–Trinajstić information content (AvgIpc) is 2.82. The van der Waals surface area contributed by atoms with Gasteiger partial charge in [-0.25, -0.2) is 4.98 Å².